The van der Waals surface area contributed by atoms with Crippen molar-refractivity contribution in [2.45, 2.75) is 89.8 Å². The Kier molecular flexibility index (Phi) is 18.8. The van der Waals surface area contributed by atoms with E-state index in [-0.39, 0.29) is 38.1 Å². The van der Waals surface area contributed by atoms with Gasteiger partial charge in [-0.25, -0.2) is 0 Å². The molecule has 0 unspecified atom stereocenters. The number of methoxy groups -OCH3 is 2. The van der Waals surface area contributed by atoms with Crippen LogP contribution in [0.15, 0.2) is 36.4 Å². The molecule has 0 spiro atoms. The van der Waals surface area contributed by atoms with Crippen molar-refractivity contribution in [2.75, 3.05) is 27.4 Å². The molecule has 2 atom stereocenters. The van der Waals surface area contributed by atoms with E-state index in [1.807, 2.05) is 57.2 Å². The van der Waals surface area contributed by atoms with Gasteiger partial charge in [-0.1, -0.05) is 24.3 Å². The van der Waals surface area contributed by atoms with Crippen LogP contribution in [0.3, 0.4) is 0 Å². The maximum Gasteiger partial charge on any atom is 0.307 e. The molecular formula is C33H50BN2O9. The van der Waals surface area contributed by atoms with E-state index in [4.69, 9.17) is 35.3 Å². The summed E-state index contributed by atoms with van der Waals surface area (Å²) in [6.07, 6.45) is 4.60. The number of aryl methyl sites for hydroxylation is 2. The van der Waals surface area contributed by atoms with Crippen molar-refractivity contribution in [3.8, 4) is 11.5 Å². The van der Waals surface area contributed by atoms with Crippen molar-refractivity contribution >= 4 is 25.5 Å². The lowest BCUT2D eigenvalue weighted by Crippen LogP contribution is -2.38. The van der Waals surface area contributed by atoms with Gasteiger partial charge in [-0.2, -0.15) is 0 Å². The Morgan fingerprint density at radius 2 is 1.42 bits per heavy atom. The first kappa shape index (κ1) is 39.6. The lowest BCUT2D eigenvalue weighted by molar-refractivity contribution is -0.155. The molecule has 0 saturated carbocycles. The molecule has 1 radical (unpaired) electrons. The number of hydrogen-bond donors (Lipinski definition) is 5. The zero-order valence-electron chi connectivity index (χ0n) is 27.2. The van der Waals surface area contributed by atoms with Gasteiger partial charge in [0.25, 0.3) is 7.41 Å². The summed E-state index contributed by atoms with van der Waals surface area (Å²) < 4.78 is 16.1. The topological polar surface area (TPSA) is 178 Å². The van der Waals surface area contributed by atoms with Crippen LogP contribution in [0.25, 0.3) is 0 Å². The Morgan fingerprint density at radius 1 is 0.911 bits per heavy atom. The zero-order valence-corrected chi connectivity index (χ0v) is 27.2. The molecule has 0 heterocycles. The highest BCUT2D eigenvalue weighted by molar-refractivity contribution is 6.64. The van der Waals surface area contributed by atoms with Crippen LogP contribution in [-0.2, 0) is 44.8 Å². The summed E-state index contributed by atoms with van der Waals surface area (Å²) in [6, 6.07) is 10.9. The summed E-state index contributed by atoms with van der Waals surface area (Å²) in [5.41, 5.74) is 9.27. The minimum atomic E-state index is -0.900. The first-order chi connectivity index (χ1) is 21.3. The van der Waals surface area contributed by atoms with E-state index in [1.165, 1.54) is 7.41 Å². The first-order valence-corrected chi connectivity index (χ1v) is 15.1. The largest absolute Gasteiger partial charge is 0.496 e. The molecule has 2 aromatic carbocycles. The van der Waals surface area contributed by atoms with Gasteiger partial charge in [-0.3, -0.25) is 9.59 Å². The second-order valence-electron chi connectivity index (χ2n) is 11.7. The van der Waals surface area contributed by atoms with E-state index < -0.39 is 17.6 Å². The lowest BCUT2D eigenvalue weighted by Gasteiger charge is -2.23. The number of rotatable bonds is 19. The number of hydrogen-bond acceptors (Lipinski definition) is 10. The van der Waals surface area contributed by atoms with Gasteiger partial charge in [0.1, 0.15) is 17.1 Å². The number of benzene rings is 2. The second-order valence-corrected chi connectivity index (χ2v) is 11.7. The SMILES string of the molecule is COc1ccc(CCCO)cc1C[C@@H](CC(=O)OC(C)(C)C)N[B]C=O.COc1ccc(CCCO)cc1C[C@H](N)CC(=O)O. The molecule has 0 fully saturated rings. The molecule has 0 saturated heterocycles. The standard InChI is InChI=1S/C19H29BNO5.C14H21NO4/c1-19(2,3)26-18(24)12-16(21-20-13-23)11-15-10-14(6-5-9-22)7-8-17(15)25-4;1-19-13-5-4-10(3-2-6-16)7-11(13)8-12(15)9-14(17)18/h7-8,10,13,16,21-22H,5-6,9,11-12H2,1-4H3;4-5,7,12,16H,2-3,6,8-9,15H2,1H3,(H,17,18)/t16-;12-/m00/s1. The number of nitrogens with one attached hydrogen (secondary N) is 1. The normalized spacial score (nSPS) is 12.3. The highest BCUT2D eigenvalue weighted by atomic mass is 16.6. The fraction of sp³-hybridized carbons (Fsp3) is 0.545. The minimum absolute atomic E-state index is 0.0655. The Balaban J connectivity index is 0.000000472. The zero-order chi connectivity index (χ0) is 33.8. The molecular weight excluding hydrogens is 579 g/mol. The maximum absolute atomic E-state index is 12.2. The third kappa shape index (κ3) is 17.0. The summed E-state index contributed by atoms with van der Waals surface area (Å²) in [4.78, 5) is 33.5. The number of nitrogens with two attached hydrogens (primary N) is 1. The minimum Gasteiger partial charge on any atom is -0.496 e. The number of aliphatic carboxylic acids is 1. The molecule has 6 N–H and O–H groups in total. The molecule has 0 bridgehead atoms. The predicted octanol–water partition coefficient (Wildman–Crippen LogP) is 2.63. The molecule has 2 aromatic rings. The molecule has 249 valence electrons. The molecule has 11 nitrogen and oxygen atoms in total. The summed E-state index contributed by atoms with van der Waals surface area (Å²) >= 11 is 0. The number of carbonyl (C=O) groups is 3. The summed E-state index contributed by atoms with van der Waals surface area (Å²) in [5, 5.41) is 29.5. The average molecular weight is 630 g/mol. The monoisotopic (exact) mass is 629 g/mol. The van der Waals surface area contributed by atoms with Crippen molar-refractivity contribution in [3.63, 3.8) is 0 Å². The number of aliphatic hydroxyl groups is 2. The molecule has 0 aliphatic carbocycles. The van der Waals surface area contributed by atoms with Gasteiger partial charge in [-0.15, -0.1) is 0 Å². The molecule has 0 aromatic heterocycles. The van der Waals surface area contributed by atoms with Crippen molar-refractivity contribution in [3.05, 3.63) is 58.7 Å². The number of aliphatic hydroxyl groups excluding tert-OH is 2. The number of ether oxygens (including phenoxy) is 3. The van der Waals surface area contributed by atoms with Gasteiger partial charge in [0, 0.05) is 25.3 Å². The fourth-order valence-corrected chi connectivity index (χ4v) is 4.65. The number of carboxylic acids is 1. The Hall–Kier alpha value is -3.45. The van der Waals surface area contributed by atoms with E-state index in [1.54, 1.807) is 14.2 Å². The smallest absolute Gasteiger partial charge is 0.307 e. The first-order valence-electron chi connectivity index (χ1n) is 15.1. The molecule has 12 heteroatoms. The predicted molar refractivity (Wildman–Crippen MR) is 174 cm³/mol. The molecule has 0 aliphatic rings. The third-order valence-electron chi connectivity index (χ3n) is 6.56. The van der Waals surface area contributed by atoms with E-state index >= 15 is 0 Å². The van der Waals surface area contributed by atoms with Crippen molar-refractivity contribution in [1.29, 1.82) is 0 Å². The van der Waals surface area contributed by atoms with E-state index in [2.05, 4.69) is 5.23 Å². The van der Waals surface area contributed by atoms with Crippen molar-refractivity contribution in [2.24, 2.45) is 5.73 Å². The van der Waals surface area contributed by atoms with Crippen LogP contribution in [-0.4, -0.2) is 86.0 Å². The molecule has 45 heavy (non-hydrogen) atoms. The number of carbonyl (C=O) groups excluding carboxylic acids is 2. The average Bonchev–Trinajstić information content (AvgIpc) is 2.96. The van der Waals surface area contributed by atoms with E-state index in [9.17, 15) is 14.4 Å². The Bertz CT molecular complexity index is 1190. The van der Waals surface area contributed by atoms with Gasteiger partial charge in [0.15, 0.2) is 0 Å². The van der Waals surface area contributed by atoms with Gasteiger partial charge >= 0.3 is 11.9 Å². The van der Waals surface area contributed by atoms with Crippen LogP contribution in [0.1, 0.15) is 68.7 Å². The number of carboxylic acid groups (broad SMARTS) is 1. The van der Waals surface area contributed by atoms with Crippen LogP contribution in [0, 0.1) is 0 Å². The van der Waals surface area contributed by atoms with Crippen molar-refractivity contribution < 1.29 is 43.9 Å². The van der Waals surface area contributed by atoms with Gasteiger partial charge in [0.2, 0.25) is 0 Å². The second kappa shape index (κ2) is 21.3. The van der Waals surface area contributed by atoms with Crippen LogP contribution < -0.4 is 20.4 Å². The van der Waals surface area contributed by atoms with Crippen LogP contribution >= 0.6 is 0 Å². The summed E-state index contributed by atoms with van der Waals surface area (Å²) in [6.45, 7) is 5.74. The molecule has 0 aliphatic heterocycles. The molecule has 0 amide bonds. The Labute approximate surface area is 267 Å². The number of esters is 1. The van der Waals surface area contributed by atoms with Gasteiger partial charge < -0.3 is 45.3 Å². The Morgan fingerprint density at radius 3 is 1.84 bits per heavy atom. The third-order valence-corrected chi connectivity index (χ3v) is 6.56. The van der Waals surface area contributed by atoms with E-state index in [0.29, 0.717) is 37.6 Å². The van der Waals surface area contributed by atoms with Crippen LogP contribution in [0.5, 0.6) is 11.5 Å². The van der Waals surface area contributed by atoms with Gasteiger partial charge in [0.05, 0.1) is 33.2 Å². The fourth-order valence-electron chi connectivity index (χ4n) is 4.65. The maximum atomic E-state index is 12.2. The van der Waals surface area contributed by atoms with Crippen LogP contribution in [0.4, 0.5) is 0 Å². The quantitative estimate of drug-likeness (QED) is 0.0877. The summed E-state index contributed by atoms with van der Waals surface area (Å²) in [5.74, 6) is 0.209. The lowest BCUT2D eigenvalue weighted by atomic mass is 9.91. The molecule has 2 rings (SSSR count). The van der Waals surface area contributed by atoms with E-state index in [0.717, 1.165) is 40.8 Å². The van der Waals surface area contributed by atoms with Crippen LogP contribution in [0.2, 0.25) is 0 Å². The van der Waals surface area contributed by atoms with Crippen molar-refractivity contribution in [1.82, 2.24) is 5.23 Å². The highest BCUT2D eigenvalue weighted by Gasteiger charge is 2.22. The van der Waals surface area contributed by atoms with Gasteiger partial charge in [-0.05, 0) is 93.7 Å². The highest BCUT2D eigenvalue weighted by Crippen LogP contribution is 2.24. The summed E-state index contributed by atoms with van der Waals surface area (Å²) in [7, 11) is 4.46.